The minimum absolute atomic E-state index is 0.0335. The van der Waals surface area contributed by atoms with Crippen molar-refractivity contribution in [1.29, 1.82) is 0 Å². The Morgan fingerprint density at radius 2 is 2.00 bits per heavy atom. The number of halogens is 1. The van der Waals surface area contributed by atoms with Gasteiger partial charge >= 0.3 is 0 Å². The van der Waals surface area contributed by atoms with Gasteiger partial charge in [-0.1, -0.05) is 23.7 Å². The largest absolute Gasteiger partial charge is 0.496 e. The zero-order valence-corrected chi connectivity index (χ0v) is 12.2. The highest BCUT2D eigenvalue weighted by atomic mass is 35.5. The fourth-order valence-electron chi connectivity index (χ4n) is 2.02. The molecule has 0 aliphatic heterocycles. The smallest absolute Gasteiger partial charge is 0.161 e. The summed E-state index contributed by atoms with van der Waals surface area (Å²) in [5.41, 5.74) is 2.42. The van der Waals surface area contributed by atoms with Crippen molar-refractivity contribution < 1.29 is 9.53 Å². The molecule has 1 N–H and O–H groups in total. The van der Waals surface area contributed by atoms with E-state index < -0.39 is 0 Å². The highest BCUT2D eigenvalue weighted by Gasteiger charge is 2.08. The Labute approximate surface area is 123 Å². The monoisotopic (exact) mass is 289 g/mol. The van der Waals surface area contributed by atoms with Gasteiger partial charge in [-0.15, -0.1) is 0 Å². The molecule has 0 heterocycles. The lowest BCUT2D eigenvalue weighted by Crippen LogP contribution is -2.06. The Bertz CT molecular complexity index is 626. The van der Waals surface area contributed by atoms with Gasteiger partial charge in [0.25, 0.3) is 0 Å². The van der Waals surface area contributed by atoms with Gasteiger partial charge < -0.3 is 10.1 Å². The lowest BCUT2D eigenvalue weighted by atomic mass is 10.1. The summed E-state index contributed by atoms with van der Waals surface area (Å²) in [5, 5.41) is 3.91. The average Bonchev–Trinajstić information content (AvgIpc) is 2.45. The van der Waals surface area contributed by atoms with E-state index in [2.05, 4.69) is 5.32 Å². The minimum Gasteiger partial charge on any atom is -0.496 e. The maximum Gasteiger partial charge on any atom is 0.161 e. The summed E-state index contributed by atoms with van der Waals surface area (Å²) in [6, 6.07) is 12.9. The molecule has 2 aromatic carbocycles. The predicted molar refractivity (Wildman–Crippen MR) is 81.8 cm³/mol. The van der Waals surface area contributed by atoms with Crippen LogP contribution in [0.2, 0.25) is 5.02 Å². The number of para-hydroxylation sites is 1. The molecule has 0 fully saturated rings. The van der Waals surface area contributed by atoms with Gasteiger partial charge in [0.15, 0.2) is 5.78 Å². The van der Waals surface area contributed by atoms with Gasteiger partial charge in [-0.05, 0) is 37.3 Å². The van der Waals surface area contributed by atoms with Gasteiger partial charge in [0, 0.05) is 28.4 Å². The van der Waals surface area contributed by atoms with Crippen LogP contribution in [0.1, 0.15) is 22.8 Å². The number of hydrogen-bond acceptors (Lipinski definition) is 3. The van der Waals surface area contributed by atoms with E-state index in [0.717, 1.165) is 17.0 Å². The minimum atomic E-state index is 0.0335. The number of carbonyl (C=O) groups excluding carboxylic acids is 1. The first-order valence-electron chi connectivity index (χ1n) is 6.28. The SMILES string of the molecule is COc1ccc(Cl)cc1CNc1ccccc1C(C)=O. The van der Waals surface area contributed by atoms with Gasteiger partial charge in [0.05, 0.1) is 7.11 Å². The van der Waals surface area contributed by atoms with Gasteiger partial charge in [-0.2, -0.15) is 0 Å². The van der Waals surface area contributed by atoms with Crippen molar-refractivity contribution >= 4 is 23.1 Å². The number of rotatable bonds is 5. The number of ether oxygens (including phenoxy) is 1. The van der Waals surface area contributed by atoms with Crippen molar-refractivity contribution in [3.8, 4) is 5.75 Å². The number of anilines is 1. The molecule has 0 atom stereocenters. The standard InChI is InChI=1S/C16H16ClNO2/c1-11(19)14-5-3-4-6-15(14)18-10-12-9-13(17)7-8-16(12)20-2/h3-9,18H,10H2,1-2H3. The van der Waals surface area contributed by atoms with Crippen molar-refractivity contribution in [1.82, 2.24) is 0 Å². The quantitative estimate of drug-likeness (QED) is 0.840. The summed E-state index contributed by atoms with van der Waals surface area (Å²) >= 11 is 6.00. The Morgan fingerprint density at radius 3 is 2.70 bits per heavy atom. The molecule has 3 nitrogen and oxygen atoms in total. The zero-order valence-electron chi connectivity index (χ0n) is 11.4. The summed E-state index contributed by atoms with van der Waals surface area (Å²) in [5.74, 6) is 0.799. The summed E-state index contributed by atoms with van der Waals surface area (Å²) in [6.45, 7) is 2.09. The lowest BCUT2D eigenvalue weighted by molar-refractivity contribution is 0.101. The second-order valence-electron chi connectivity index (χ2n) is 4.41. The van der Waals surface area contributed by atoms with E-state index in [0.29, 0.717) is 17.1 Å². The van der Waals surface area contributed by atoms with Crippen LogP contribution in [0.25, 0.3) is 0 Å². The summed E-state index contributed by atoms with van der Waals surface area (Å²) in [4.78, 5) is 11.6. The number of carbonyl (C=O) groups is 1. The Hall–Kier alpha value is -2.00. The molecule has 0 unspecified atom stereocenters. The molecule has 0 aromatic heterocycles. The van der Waals surface area contributed by atoms with Crippen LogP contribution in [0.4, 0.5) is 5.69 Å². The summed E-state index contributed by atoms with van der Waals surface area (Å²) in [6.07, 6.45) is 0. The number of Topliss-reactive ketones (excluding diaryl/α,β-unsaturated/α-hetero) is 1. The van der Waals surface area contributed by atoms with Crippen LogP contribution in [0, 0.1) is 0 Å². The van der Waals surface area contributed by atoms with Crippen LogP contribution in [-0.2, 0) is 6.54 Å². The van der Waals surface area contributed by atoms with E-state index in [-0.39, 0.29) is 5.78 Å². The molecule has 2 rings (SSSR count). The molecule has 0 aliphatic carbocycles. The molecule has 0 saturated heterocycles. The molecule has 0 amide bonds. The van der Waals surface area contributed by atoms with Crippen molar-refractivity contribution in [3.05, 3.63) is 58.6 Å². The molecule has 0 aliphatic rings. The Balaban J connectivity index is 2.21. The molecular formula is C16H16ClNO2. The van der Waals surface area contributed by atoms with Crippen molar-refractivity contribution in [2.75, 3.05) is 12.4 Å². The average molecular weight is 290 g/mol. The van der Waals surface area contributed by atoms with E-state index in [9.17, 15) is 4.79 Å². The number of benzene rings is 2. The molecular weight excluding hydrogens is 274 g/mol. The normalized spacial score (nSPS) is 10.2. The zero-order chi connectivity index (χ0) is 14.5. The highest BCUT2D eigenvalue weighted by molar-refractivity contribution is 6.30. The van der Waals surface area contributed by atoms with Gasteiger partial charge in [0.2, 0.25) is 0 Å². The van der Waals surface area contributed by atoms with E-state index in [1.165, 1.54) is 0 Å². The molecule has 20 heavy (non-hydrogen) atoms. The summed E-state index contributed by atoms with van der Waals surface area (Å²) in [7, 11) is 1.62. The van der Waals surface area contributed by atoms with Gasteiger partial charge in [-0.3, -0.25) is 4.79 Å². The molecule has 4 heteroatoms. The van der Waals surface area contributed by atoms with Crippen LogP contribution in [-0.4, -0.2) is 12.9 Å². The molecule has 104 valence electrons. The van der Waals surface area contributed by atoms with E-state index in [1.54, 1.807) is 26.2 Å². The predicted octanol–water partition coefficient (Wildman–Crippen LogP) is 4.16. The second kappa shape index (κ2) is 6.44. The third kappa shape index (κ3) is 3.31. The van der Waals surface area contributed by atoms with Crippen LogP contribution in [0.3, 0.4) is 0 Å². The second-order valence-corrected chi connectivity index (χ2v) is 4.85. The van der Waals surface area contributed by atoms with Crippen LogP contribution < -0.4 is 10.1 Å². The molecule has 0 radical (unpaired) electrons. The first kappa shape index (κ1) is 14.4. The maximum atomic E-state index is 11.6. The number of methoxy groups -OCH3 is 1. The van der Waals surface area contributed by atoms with Crippen LogP contribution >= 0.6 is 11.6 Å². The topological polar surface area (TPSA) is 38.3 Å². The number of nitrogens with one attached hydrogen (secondary N) is 1. The van der Waals surface area contributed by atoms with Crippen LogP contribution in [0.15, 0.2) is 42.5 Å². The lowest BCUT2D eigenvalue weighted by Gasteiger charge is -2.13. The third-order valence-corrected chi connectivity index (χ3v) is 3.25. The Morgan fingerprint density at radius 1 is 1.25 bits per heavy atom. The van der Waals surface area contributed by atoms with Gasteiger partial charge in [-0.25, -0.2) is 0 Å². The number of ketones is 1. The van der Waals surface area contributed by atoms with Gasteiger partial charge in [0.1, 0.15) is 5.75 Å². The fraction of sp³-hybridized carbons (Fsp3) is 0.188. The molecule has 0 spiro atoms. The molecule has 0 saturated carbocycles. The molecule has 2 aromatic rings. The van der Waals surface area contributed by atoms with Crippen LogP contribution in [0.5, 0.6) is 5.75 Å². The van der Waals surface area contributed by atoms with Crippen molar-refractivity contribution in [2.45, 2.75) is 13.5 Å². The Kier molecular flexibility index (Phi) is 4.64. The first-order valence-corrected chi connectivity index (χ1v) is 6.66. The highest BCUT2D eigenvalue weighted by Crippen LogP contribution is 2.24. The fourth-order valence-corrected chi connectivity index (χ4v) is 2.21. The van der Waals surface area contributed by atoms with E-state index >= 15 is 0 Å². The van der Waals surface area contributed by atoms with E-state index in [4.69, 9.17) is 16.3 Å². The first-order chi connectivity index (χ1) is 9.61. The van der Waals surface area contributed by atoms with Crippen molar-refractivity contribution in [2.24, 2.45) is 0 Å². The molecule has 0 bridgehead atoms. The maximum absolute atomic E-state index is 11.6. The third-order valence-electron chi connectivity index (χ3n) is 3.02. The van der Waals surface area contributed by atoms with Crippen molar-refractivity contribution in [3.63, 3.8) is 0 Å². The van der Waals surface area contributed by atoms with E-state index in [1.807, 2.05) is 30.3 Å². The summed E-state index contributed by atoms with van der Waals surface area (Å²) < 4.78 is 5.30. The number of hydrogen-bond donors (Lipinski definition) is 1.